The van der Waals surface area contributed by atoms with E-state index < -0.39 is 30.5 Å². The van der Waals surface area contributed by atoms with Gasteiger partial charge in [-0.15, -0.1) is 0 Å². The summed E-state index contributed by atoms with van der Waals surface area (Å²) in [6.07, 6.45) is -4.60. The summed E-state index contributed by atoms with van der Waals surface area (Å²) in [5, 5.41) is 5.70. The lowest BCUT2D eigenvalue weighted by atomic mass is 9.99. The lowest BCUT2D eigenvalue weighted by Gasteiger charge is -2.32. The normalized spacial score (nSPS) is 16.6. The molecule has 0 radical (unpaired) electrons. The van der Waals surface area contributed by atoms with Crippen LogP contribution in [0.15, 0.2) is 30.7 Å². The topological polar surface area (TPSA) is 105 Å². The summed E-state index contributed by atoms with van der Waals surface area (Å²) in [7, 11) is 0. The number of nitrogens with zero attached hydrogens (tertiary/aromatic N) is 5. The molecule has 1 aliphatic heterocycles. The van der Waals surface area contributed by atoms with E-state index in [1.165, 1.54) is 17.2 Å². The Labute approximate surface area is 222 Å². The first-order chi connectivity index (χ1) is 18.4. The third-order valence-corrected chi connectivity index (χ3v) is 6.59. The molecule has 4 heterocycles. The average molecular weight is 576 g/mol. The highest BCUT2D eigenvalue weighted by Gasteiger charge is 2.34. The van der Waals surface area contributed by atoms with Crippen molar-refractivity contribution in [1.29, 1.82) is 0 Å². The Morgan fingerprint density at radius 1 is 1.13 bits per heavy atom. The Balaban J connectivity index is 1.33. The van der Waals surface area contributed by atoms with Gasteiger partial charge in [-0.1, -0.05) is 0 Å². The number of alkyl halides is 6. The smallest absolute Gasteiger partial charge is 0.434 e. The zero-order valence-corrected chi connectivity index (χ0v) is 21.3. The molecule has 0 aromatic carbocycles. The molecular formula is C23H23F6N7O2S. The fourth-order valence-electron chi connectivity index (χ4n) is 4.00. The first-order valence-electron chi connectivity index (χ1n) is 11.7. The Morgan fingerprint density at radius 3 is 2.56 bits per heavy atom. The fourth-order valence-corrected chi connectivity index (χ4v) is 4.80. The molecule has 1 aliphatic rings. The van der Waals surface area contributed by atoms with E-state index in [0.29, 0.717) is 30.5 Å². The maximum absolute atomic E-state index is 12.9. The predicted molar refractivity (Wildman–Crippen MR) is 130 cm³/mol. The fraction of sp³-hybridized carbons (Fsp3) is 0.435. The van der Waals surface area contributed by atoms with Crippen LogP contribution in [-0.2, 0) is 6.18 Å². The minimum Gasteiger partial charge on any atom is -0.477 e. The van der Waals surface area contributed by atoms with Crippen molar-refractivity contribution in [3.63, 3.8) is 0 Å². The summed E-state index contributed by atoms with van der Waals surface area (Å²) >= 11 is 0.932. The molecule has 16 heteroatoms. The average Bonchev–Trinajstić information content (AvgIpc) is 3.22. The molecule has 9 nitrogen and oxygen atoms in total. The number of anilines is 3. The van der Waals surface area contributed by atoms with Gasteiger partial charge in [0.05, 0.1) is 48.7 Å². The van der Waals surface area contributed by atoms with Gasteiger partial charge < -0.3 is 15.4 Å². The second-order valence-corrected chi connectivity index (χ2v) is 9.66. The summed E-state index contributed by atoms with van der Waals surface area (Å²) < 4.78 is 85.9. The lowest BCUT2D eigenvalue weighted by Crippen LogP contribution is -2.42. The molecule has 0 spiro atoms. The molecule has 3 aromatic heterocycles. The van der Waals surface area contributed by atoms with E-state index in [1.807, 2.05) is 0 Å². The first-order valence-corrected chi connectivity index (χ1v) is 12.5. The van der Waals surface area contributed by atoms with Crippen LogP contribution in [0.25, 0.3) is 0 Å². The van der Waals surface area contributed by atoms with Crippen molar-refractivity contribution in [3.8, 4) is 5.88 Å². The van der Waals surface area contributed by atoms with Crippen LogP contribution in [0.2, 0.25) is 0 Å². The molecule has 1 fully saturated rings. The van der Waals surface area contributed by atoms with Gasteiger partial charge in [-0.05, 0) is 43.9 Å². The van der Waals surface area contributed by atoms with E-state index in [0.717, 1.165) is 24.2 Å². The van der Waals surface area contributed by atoms with Gasteiger partial charge in [0.2, 0.25) is 5.88 Å². The molecular weight excluding hydrogens is 552 g/mol. The highest BCUT2D eigenvalue weighted by atomic mass is 32.1. The van der Waals surface area contributed by atoms with Crippen LogP contribution < -0.4 is 15.4 Å². The summed E-state index contributed by atoms with van der Waals surface area (Å²) in [5.74, 6) is -0.330. The largest absolute Gasteiger partial charge is 0.477 e. The molecule has 0 aliphatic carbocycles. The van der Waals surface area contributed by atoms with E-state index in [4.69, 9.17) is 4.74 Å². The number of hydrogen-bond donors (Lipinski definition) is 2. The summed E-state index contributed by atoms with van der Waals surface area (Å²) in [5.41, 5.74) is -0.247. The van der Waals surface area contributed by atoms with Gasteiger partial charge in [-0.3, -0.25) is 9.69 Å². The maximum Gasteiger partial charge on any atom is 0.434 e. The zero-order chi connectivity index (χ0) is 28.2. The summed E-state index contributed by atoms with van der Waals surface area (Å²) in [4.78, 5) is 25.5. The first kappa shape index (κ1) is 28.5. The van der Waals surface area contributed by atoms with E-state index in [2.05, 4.69) is 30.0 Å². The second kappa shape index (κ2) is 11.7. The number of amides is 1. The van der Waals surface area contributed by atoms with Gasteiger partial charge >= 0.3 is 12.4 Å². The van der Waals surface area contributed by atoms with Gasteiger partial charge in [-0.2, -0.15) is 30.7 Å². The van der Waals surface area contributed by atoms with Crippen LogP contribution >= 0.6 is 11.5 Å². The number of ether oxygens (including phenoxy) is 1. The Hall–Kier alpha value is -3.53. The molecule has 0 saturated carbocycles. The van der Waals surface area contributed by atoms with Crippen molar-refractivity contribution in [1.82, 2.24) is 24.2 Å². The van der Waals surface area contributed by atoms with Gasteiger partial charge in [0.1, 0.15) is 10.8 Å². The number of nitrogens with one attached hydrogen (secondary N) is 2. The summed E-state index contributed by atoms with van der Waals surface area (Å²) in [6, 6.07) is 3.09. The standard InChI is InChI=1S/C23H23F6N7O2S/c1-13-19(21(39-35-13)34-17-9-30-16(8-31-17)23(27,28)29)20(37)33-15-4-5-18(32-7-15)38-11-14-3-2-6-36(10-14)12-22(24,25)26/h4-5,7-9,14H,2-3,6,10-12H2,1H3,(H,31,34)(H,33,37). The number of pyridine rings is 1. The molecule has 3 aromatic rings. The van der Waals surface area contributed by atoms with Gasteiger partial charge in [-0.25, -0.2) is 15.0 Å². The van der Waals surface area contributed by atoms with Crippen molar-refractivity contribution in [2.24, 2.45) is 5.92 Å². The number of rotatable bonds is 8. The third-order valence-electron chi connectivity index (χ3n) is 5.74. The zero-order valence-electron chi connectivity index (χ0n) is 20.4. The maximum atomic E-state index is 12.9. The van der Waals surface area contributed by atoms with Crippen molar-refractivity contribution < 1.29 is 35.9 Å². The SMILES string of the molecule is Cc1nsc(Nc2cnc(C(F)(F)F)cn2)c1C(=O)Nc1ccc(OCC2CCCN(CC(F)(F)F)C2)nc1. The van der Waals surface area contributed by atoms with Gasteiger partial charge in [0, 0.05) is 18.5 Å². The summed E-state index contributed by atoms with van der Waals surface area (Å²) in [6.45, 7) is 1.57. The monoisotopic (exact) mass is 575 g/mol. The number of carbonyl (C=O) groups excluding carboxylic acids is 1. The number of aryl methyl sites for hydroxylation is 1. The highest BCUT2D eigenvalue weighted by Crippen LogP contribution is 2.30. The van der Waals surface area contributed by atoms with E-state index in [-0.39, 0.29) is 41.3 Å². The van der Waals surface area contributed by atoms with Crippen LogP contribution in [-0.4, -0.2) is 62.6 Å². The number of halogens is 6. The minimum atomic E-state index is -4.63. The van der Waals surface area contributed by atoms with Crippen molar-refractivity contribution in [3.05, 3.63) is 47.7 Å². The molecule has 1 saturated heterocycles. The van der Waals surface area contributed by atoms with Crippen LogP contribution in [0.3, 0.4) is 0 Å². The molecule has 2 N–H and O–H groups in total. The van der Waals surface area contributed by atoms with Crippen LogP contribution in [0.4, 0.5) is 42.8 Å². The second-order valence-electron chi connectivity index (χ2n) is 8.89. The van der Waals surface area contributed by atoms with Gasteiger partial charge in [0.15, 0.2) is 5.69 Å². The van der Waals surface area contributed by atoms with Crippen molar-refractivity contribution in [2.45, 2.75) is 32.1 Å². The Bertz CT molecular complexity index is 1270. The minimum absolute atomic E-state index is 0.00311. The molecule has 1 unspecified atom stereocenters. The van der Waals surface area contributed by atoms with E-state index >= 15 is 0 Å². The molecule has 0 bridgehead atoms. The molecule has 4 rings (SSSR count). The lowest BCUT2D eigenvalue weighted by molar-refractivity contribution is -0.150. The Morgan fingerprint density at radius 2 is 1.92 bits per heavy atom. The number of carbonyl (C=O) groups is 1. The number of hydrogen-bond acceptors (Lipinski definition) is 9. The van der Waals surface area contributed by atoms with Crippen molar-refractivity contribution in [2.75, 3.05) is 36.9 Å². The predicted octanol–water partition coefficient (Wildman–Crippen LogP) is 5.30. The molecule has 39 heavy (non-hydrogen) atoms. The number of piperidine rings is 1. The highest BCUT2D eigenvalue weighted by molar-refractivity contribution is 7.10. The third kappa shape index (κ3) is 7.98. The van der Waals surface area contributed by atoms with E-state index in [1.54, 1.807) is 13.0 Å². The van der Waals surface area contributed by atoms with Crippen molar-refractivity contribution >= 4 is 33.9 Å². The van der Waals surface area contributed by atoms with Crippen LogP contribution in [0.1, 0.15) is 34.6 Å². The molecule has 1 atom stereocenters. The van der Waals surface area contributed by atoms with Gasteiger partial charge in [0.25, 0.3) is 5.91 Å². The quantitative estimate of drug-likeness (QED) is 0.349. The molecule has 1 amide bonds. The molecule has 210 valence electrons. The van der Waals surface area contributed by atoms with E-state index in [9.17, 15) is 31.1 Å². The van der Waals surface area contributed by atoms with Crippen LogP contribution in [0.5, 0.6) is 5.88 Å². The Kier molecular flexibility index (Phi) is 8.54. The number of likely N-dealkylation sites (tertiary alicyclic amines) is 1. The van der Waals surface area contributed by atoms with Crippen LogP contribution in [0, 0.1) is 12.8 Å². The number of aromatic nitrogens is 4.